The first-order valence-corrected chi connectivity index (χ1v) is 4.85. The first kappa shape index (κ1) is 9.68. The molecule has 0 aliphatic rings. The Bertz CT molecular complexity index is 253. The van der Waals surface area contributed by atoms with E-state index in [1.807, 2.05) is 6.92 Å². The third-order valence-corrected chi connectivity index (χ3v) is 2.73. The molecule has 0 bridgehead atoms. The second kappa shape index (κ2) is 3.15. The normalized spacial score (nSPS) is 12.1. The second-order valence-corrected chi connectivity index (χ2v) is 5.03. The number of aromatic nitrogens is 1. The molecule has 1 N–H and O–H groups in total. The highest BCUT2D eigenvalue weighted by Crippen LogP contribution is 2.20. The van der Waals surface area contributed by atoms with Gasteiger partial charge in [-0.15, -0.1) is 11.3 Å². The van der Waals surface area contributed by atoms with Crippen LogP contribution >= 0.6 is 11.3 Å². The van der Waals surface area contributed by atoms with Gasteiger partial charge in [-0.2, -0.15) is 0 Å². The molecule has 0 saturated heterocycles. The molecule has 0 amide bonds. The van der Waals surface area contributed by atoms with Crippen LogP contribution in [0.2, 0.25) is 0 Å². The summed E-state index contributed by atoms with van der Waals surface area (Å²) in [5.74, 6) is 0. The summed E-state index contributed by atoms with van der Waals surface area (Å²) in [6, 6.07) is 0. The summed E-state index contributed by atoms with van der Waals surface area (Å²) < 4.78 is 0. The molecule has 3 heteroatoms. The van der Waals surface area contributed by atoms with E-state index in [4.69, 9.17) is 0 Å². The third-order valence-electron chi connectivity index (χ3n) is 1.66. The van der Waals surface area contributed by atoms with Crippen molar-refractivity contribution >= 4 is 11.3 Å². The maximum atomic E-state index is 9.54. The lowest BCUT2D eigenvalue weighted by atomic mass is 10.1. The highest BCUT2D eigenvalue weighted by Gasteiger charge is 2.16. The van der Waals surface area contributed by atoms with Gasteiger partial charge in [-0.1, -0.05) is 0 Å². The summed E-state index contributed by atoms with van der Waals surface area (Å²) in [4.78, 5) is 5.60. The molecule has 12 heavy (non-hydrogen) atoms. The van der Waals surface area contributed by atoms with Gasteiger partial charge in [0, 0.05) is 11.3 Å². The van der Waals surface area contributed by atoms with Crippen LogP contribution in [0.1, 0.15) is 29.4 Å². The van der Waals surface area contributed by atoms with Crippen LogP contribution in [0.3, 0.4) is 0 Å². The van der Waals surface area contributed by atoms with E-state index >= 15 is 0 Å². The van der Waals surface area contributed by atoms with E-state index in [2.05, 4.69) is 11.9 Å². The van der Waals surface area contributed by atoms with E-state index in [1.165, 1.54) is 4.88 Å². The summed E-state index contributed by atoms with van der Waals surface area (Å²) in [6.07, 6.45) is 0.645. The first-order valence-electron chi connectivity index (χ1n) is 4.04. The van der Waals surface area contributed by atoms with Gasteiger partial charge in [0.05, 0.1) is 16.3 Å². The van der Waals surface area contributed by atoms with E-state index in [-0.39, 0.29) is 0 Å². The van der Waals surface area contributed by atoms with Crippen molar-refractivity contribution in [3.05, 3.63) is 15.6 Å². The Morgan fingerprint density at radius 2 is 2.00 bits per heavy atom. The summed E-state index contributed by atoms with van der Waals surface area (Å²) >= 11 is 1.67. The lowest BCUT2D eigenvalue weighted by Gasteiger charge is -2.14. The lowest BCUT2D eigenvalue weighted by molar-refractivity contribution is 0.0809. The summed E-state index contributed by atoms with van der Waals surface area (Å²) in [7, 11) is 0. The van der Waals surface area contributed by atoms with Gasteiger partial charge in [0.15, 0.2) is 0 Å². The molecule has 1 aromatic heterocycles. The van der Waals surface area contributed by atoms with Gasteiger partial charge in [0.1, 0.15) is 0 Å². The number of thiazole rings is 1. The van der Waals surface area contributed by atoms with Gasteiger partial charge in [-0.25, -0.2) is 4.98 Å². The number of aliphatic hydroxyl groups is 1. The van der Waals surface area contributed by atoms with Crippen LogP contribution in [0.5, 0.6) is 0 Å². The highest BCUT2D eigenvalue weighted by molar-refractivity contribution is 7.11. The molecule has 0 aliphatic carbocycles. The number of hydrogen-bond donors (Lipinski definition) is 1. The Morgan fingerprint density at radius 1 is 1.42 bits per heavy atom. The van der Waals surface area contributed by atoms with E-state index in [0.717, 1.165) is 10.7 Å². The van der Waals surface area contributed by atoms with Crippen LogP contribution in [0.15, 0.2) is 0 Å². The van der Waals surface area contributed by atoms with Crippen molar-refractivity contribution < 1.29 is 5.11 Å². The molecule has 0 aliphatic heterocycles. The minimum absolute atomic E-state index is 0.642. The van der Waals surface area contributed by atoms with Crippen molar-refractivity contribution in [1.29, 1.82) is 0 Å². The van der Waals surface area contributed by atoms with E-state index in [0.29, 0.717) is 6.42 Å². The van der Waals surface area contributed by atoms with Gasteiger partial charge in [-0.3, -0.25) is 0 Å². The standard InChI is InChI=1S/C9H15NOS/c1-6-7(2)12-8(10-6)5-9(3,4)11/h11H,5H2,1-4H3. The molecule has 0 unspecified atom stereocenters. The number of nitrogens with zero attached hydrogens (tertiary/aromatic N) is 1. The number of aryl methyl sites for hydroxylation is 2. The molecule has 68 valence electrons. The topological polar surface area (TPSA) is 33.1 Å². The minimum Gasteiger partial charge on any atom is -0.390 e. The van der Waals surface area contributed by atoms with Crippen LogP contribution in [-0.4, -0.2) is 15.7 Å². The van der Waals surface area contributed by atoms with Gasteiger partial charge in [0.25, 0.3) is 0 Å². The van der Waals surface area contributed by atoms with Crippen molar-refractivity contribution in [3.8, 4) is 0 Å². The fourth-order valence-corrected chi connectivity index (χ4v) is 2.14. The predicted octanol–water partition coefficient (Wildman–Crippen LogP) is 2.07. The van der Waals surface area contributed by atoms with Crippen molar-refractivity contribution in [2.24, 2.45) is 0 Å². The molecule has 0 aromatic carbocycles. The molecule has 0 radical (unpaired) electrons. The summed E-state index contributed by atoms with van der Waals surface area (Å²) in [6.45, 7) is 7.67. The van der Waals surface area contributed by atoms with Crippen LogP contribution < -0.4 is 0 Å². The van der Waals surface area contributed by atoms with Gasteiger partial charge >= 0.3 is 0 Å². The molecule has 0 saturated carbocycles. The second-order valence-electron chi connectivity index (χ2n) is 3.74. The molecule has 0 fully saturated rings. The van der Waals surface area contributed by atoms with Crippen LogP contribution in [0.4, 0.5) is 0 Å². The Hall–Kier alpha value is -0.410. The van der Waals surface area contributed by atoms with Crippen molar-refractivity contribution in [1.82, 2.24) is 4.98 Å². The van der Waals surface area contributed by atoms with Crippen LogP contribution in [-0.2, 0) is 6.42 Å². The molecular formula is C9H15NOS. The molecule has 2 nitrogen and oxygen atoms in total. The highest BCUT2D eigenvalue weighted by atomic mass is 32.1. The first-order chi connectivity index (χ1) is 5.38. The third kappa shape index (κ3) is 2.57. The predicted molar refractivity (Wildman–Crippen MR) is 51.6 cm³/mol. The van der Waals surface area contributed by atoms with E-state index in [1.54, 1.807) is 25.2 Å². The zero-order valence-corrected chi connectivity index (χ0v) is 8.83. The number of hydrogen-bond acceptors (Lipinski definition) is 3. The zero-order chi connectivity index (χ0) is 9.35. The SMILES string of the molecule is Cc1nc(CC(C)(C)O)sc1C. The Balaban J connectivity index is 2.77. The minimum atomic E-state index is -0.642. The molecule has 1 aromatic rings. The Kier molecular flexibility index (Phi) is 2.54. The number of rotatable bonds is 2. The zero-order valence-electron chi connectivity index (χ0n) is 8.01. The average Bonchev–Trinajstić information content (AvgIpc) is 2.07. The fraction of sp³-hybridized carbons (Fsp3) is 0.667. The molecule has 0 spiro atoms. The summed E-state index contributed by atoms with van der Waals surface area (Å²) in [5.41, 5.74) is 0.441. The van der Waals surface area contributed by atoms with Crippen molar-refractivity contribution in [2.75, 3.05) is 0 Å². The van der Waals surface area contributed by atoms with Crippen molar-refractivity contribution in [3.63, 3.8) is 0 Å². The smallest absolute Gasteiger partial charge is 0.0959 e. The lowest BCUT2D eigenvalue weighted by Crippen LogP contribution is -2.21. The van der Waals surface area contributed by atoms with E-state index < -0.39 is 5.60 Å². The van der Waals surface area contributed by atoms with Gasteiger partial charge in [0.2, 0.25) is 0 Å². The molecule has 0 atom stereocenters. The van der Waals surface area contributed by atoms with Gasteiger partial charge < -0.3 is 5.11 Å². The molecular weight excluding hydrogens is 170 g/mol. The quantitative estimate of drug-likeness (QED) is 0.765. The molecule has 1 rings (SSSR count). The average molecular weight is 185 g/mol. The summed E-state index contributed by atoms with van der Waals surface area (Å²) in [5, 5.41) is 10.6. The van der Waals surface area contributed by atoms with Crippen LogP contribution in [0.25, 0.3) is 0 Å². The van der Waals surface area contributed by atoms with Crippen LogP contribution in [0, 0.1) is 13.8 Å². The fourth-order valence-electron chi connectivity index (χ4n) is 0.985. The van der Waals surface area contributed by atoms with E-state index in [9.17, 15) is 5.11 Å². The maximum absolute atomic E-state index is 9.54. The van der Waals surface area contributed by atoms with Crippen molar-refractivity contribution in [2.45, 2.75) is 39.7 Å². The monoisotopic (exact) mass is 185 g/mol. The Labute approximate surface area is 77.3 Å². The molecule has 1 heterocycles. The van der Waals surface area contributed by atoms with Gasteiger partial charge in [-0.05, 0) is 27.7 Å². The largest absolute Gasteiger partial charge is 0.390 e. The maximum Gasteiger partial charge on any atom is 0.0959 e. The Morgan fingerprint density at radius 3 is 2.33 bits per heavy atom.